The van der Waals surface area contributed by atoms with Gasteiger partial charge in [0.25, 0.3) is 0 Å². The summed E-state index contributed by atoms with van der Waals surface area (Å²) in [6, 6.07) is -0.333. The van der Waals surface area contributed by atoms with Gasteiger partial charge in [0.1, 0.15) is 0 Å². The number of nitrogens with one attached hydrogen (secondary N) is 1. The summed E-state index contributed by atoms with van der Waals surface area (Å²) in [5.41, 5.74) is 0. The Balaban J connectivity index is 2.36. The van der Waals surface area contributed by atoms with Gasteiger partial charge in [-0.15, -0.1) is 0 Å². The van der Waals surface area contributed by atoms with Crippen molar-refractivity contribution in [3.8, 4) is 0 Å². The van der Waals surface area contributed by atoms with Crippen LogP contribution < -0.4 is 5.32 Å². The number of aliphatic hydroxyl groups is 1. The number of aliphatic hydroxyl groups excluding tert-OH is 1. The van der Waals surface area contributed by atoms with Gasteiger partial charge >= 0.3 is 0 Å². The molecule has 5 nitrogen and oxygen atoms in total. The lowest BCUT2D eigenvalue weighted by Crippen LogP contribution is -2.40. The van der Waals surface area contributed by atoms with Crippen molar-refractivity contribution in [1.82, 2.24) is 5.32 Å². The second-order valence-corrected chi connectivity index (χ2v) is 5.35. The second kappa shape index (κ2) is 4.36. The van der Waals surface area contributed by atoms with Crippen LogP contribution in [0, 0.1) is 0 Å². The largest absolute Gasteiger partial charge is 0.390 e. The molecule has 0 amide bonds. The van der Waals surface area contributed by atoms with Crippen molar-refractivity contribution in [2.24, 2.45) is 0 Å². The van der Waals surface area contributed by atoms with Gasteiger partial charge in [0.15, 0.2) is 9.84 Å². The van der Waals surface area contributed by atoms with Crippen LogP contribution in [0.2, 0.25) is 0 Å². The Morgan fingerprint density at radius 3 is 2.69 bits per heavy atom. The lowest BCUT2D eigenvalue weighted by molar-refractivity contribution is 0.151. The molecule has 0 bridgehead atoms. The SMILES string of the molecule is COCCN[C@@H]1CS(=O)(=O)C[C@@H]1O. The Hall–Kier alpha value is -0.170. The van der Waals surface area contributed by atoms with E-state index in [0.717, 1.165) is 0 Å². The molecule has 2 N–H and O–H groups in total. The van der Waals surface area contributed by atoms with Gasteiger partial charge in [0.2, 0.25) is 0 Å². The van der Waals surface area contributed by atoms with E-state index in [4.69, 9.17) is 4.74 Å². The number of hydrogen-bond acceptors (Lipinski definition) is 5. The first-order chi connectivity index (χ1) is 6.05. The number of ether oxygens (including phenoxy) is 1. The van der Waals surface area contributed by atoms with Gasteiger partial charge in [0.05, 0.1) is 24.2 Å². The molecule has 0 aliphatic carbocycles. The molecule has 0 aromatic heterocycles. The van der Waals surface area contributed by atoms with Gasteiger partial charge in [-0.25, -0.2) is 8.42 Å². The van der Waals surface area contributed by atoms with Crippen LogP contribution in [0.15, 0.2) is 0 Å². The zero-order valence-electron chi connectivity index (χ0n) is 7.56. The maximum atomic E-state index is 11.1. The summed E-state index contributed by atoms with van der Waals surface area (Å²) in [6.07, 6.45) is -0.776. The number of sulfone groups is 1. The predicted octanol–water partition coefficient (Wildman–Crippen LogP) is -1.62. The molecule has 0 aromatic rings. The standard InChI is InChI=1S/C7H15NO4S/c1-12-3-2-8-6-4-13(10,11)5-7(6)9/h6-9H,2-5H2,1H3/t6-,7+/m1/s1. The maximum absolute atomic E-state index is 11.1. The van der Waals surface area contributed by atoms with Crippen molar-refractivity contribution in [2.75, 3.05) is 31.8 Å². The third-order valence-electron chi connectivity index (χ3n) is 2.04. The molecule has 0 unspecified atom stereocenters. The third-order valence-corrected chi connectivity index (χ3v) is 3.75. The van der Waals surface area contributed by atoms with E-state index in [1.807, 2.05) is 0 Å². The molecule has 1 rings (SSSR count). The first-order valence-corrected chi connectivity index (χ1v) is 5.98. The quantitative estimate of drug-likeness (QED) is 0.544. The number of hydrogen-bond donors (Lipinski definition) is 2. The second-order valence-electron chi connectivity index (χ2n) is 3.20. The van der Waals surface area contributed by atoms with Crippen molar-refractivity contribution < 1.29 is 18.3 Å². The summed E-state index contributed by atoms with van der Waals surface area (Å²) in [6.45, 7) is 1.08. The molecule has 0 aromatic carbocycles. The van der Waals surface area contributed by atoms with E-state index >= 15 is 0 Å². The van der Waals surface area contributed by atoms with Crippen molar-refractivity contribution in [3.05, 3.63) is 0 Å². The Kier molecular flexibility index (Phi) is 3.66. The smallest absolute Gasteiger partial charge is 0.154 e. The van der Waals surface area contributed by atoms with E-state index in [1.54, 1.807) is 7.11 Å². The highest BCUT2D eigenvalue weighted by molar-refractivity contribution is 7.91. The van der Waals surface area contributed by atoms with E-state index in [-0.39, 0.29) is 17.5 Å². The Morgan fingerprint density at radius 1 is 1.54 bits per heavy atom. The molecular weight excluding hydrogens is 194 g/mol. The Labute approximate surface area is 78.0 Å². The zero-order chi connectivity index (χ0) is 9.90. The van der Waals surface area contributed by atoms with E-state index in [1.165, 1.54) is 0 Å². The fourth-order valence-electron chi connectivity index (χ4n) is 1.37. The molecule has 1 saturated heterocycles. The fourth-order valence-corrected chi connectivity index (χ4v) is 3.15. The first-order valence-electron chi connectivity index (χ1n) is 4.16. The monoisotopic (exact) mass is 209 g/mol. The molecule has 1 aliphatic heterocycles. The molecule has 0 radical (unpaired) electrons. The van der Waals surface area contributed by atoms with Gasteiger partial charge in [-0.2, -0.15) is 0 Å². The summed E-state index contributed by atoms with van der Waals surface area (Å²) in [5, 5.41) is 12.3. The summed E-state index contributed by atoms with van der Waals surface area (Å²) in [4.78, 5) is 0. The molecule has 0 saturated carbocycles. The van der Waals surface area contributed by atoms with Gasteiger partial charge < -0.3 is 15.2 Å². The topological polar surface area (TPSA) is 75.6 Å². The average molecular weight is 209 g/mol. The Morgan fingerprint density at radius 2 is 2.23 bits per heavy atom. The van der Waals surface area contributed by atoms with Crippen LogP contribution in [0.25, 0.3) is 0 Å². The molecule has 13 heavy (non-hydrogen) atoms. The highest BCUT2D eigenvalue weighted by Crippen LogP contribution is 2.11. The minimum absolute atomic E-state index is 0.0257. The minimum Gasteiger partial charge on any atom is -0.390 e. The molecule has 6 heteroatoms. The van der Waals surface area contributed by atoms with E-state index in [2.05, 4.69) is 5.32 Å². The zero-order valence-corrected chi connectivity index (χ0v) is 8.38. The molecule has 1 fully saturated rings. The van der Waals surface area contributed by atoms with Crippen LogP contribution in [0.5, 0.6) is 0 Å². The van der Waals surface area contributed by atoms with Gasteiger partial charge in [-0.05, 0) is 0 Å². The molecule has 1 heterocycles. The third kappa shape index (κ3) is 3.22. The van der Waals surface area contributed by atoms with E-state index in [0.29, 0.717) is 13.2 Å². The van der Waals surface area contributed by atoms with Crippen LogP contribution in [0.1, 0.15) is 0 Å². The first kappa shape index (κ1) is 10.9. The van der Waals surface area contributed by atoms with Crippen LogP contribution in [0.3, 0.4) is 0 Å². The maximum Gasteiger partial charge on any atom is 0.154 e. The van der Waals surface area contributed by atoms with Crippen LogP contribution >= 0.6 is 0 Å². The predicted molar refractivity (Wildman–Crippen MR) is 48.3 cm³/mol. The van der Waals surface area contributed by atoms with Crippen LogP contribution in [-0.4, -0.2) is 57.4 Å². The summed E-state index contributed by atoms with van der Waals surface area (Å²) in [7, 11) is -1.46. The normalized spacial score (nSPS) is 32.2. The molecule has 0 spiro atoms. The average Bonchev–Trinajstić information content (AvgIpc) is 2.25. The molecular formula is C7H15NO4S. The van der Waals surface area contributed by atoms with Gasteiger partial charge in [-0.3, -0.25) is 0 Å². The summed E-state index contributed by atoms with van der Waals surface area (Å²) >= 11 is 0. The van der Waals surface area contributed by atoms with Gasteiger partial charge in [0, 0.05) is 19.7 Å². The highest BCUT2D eigenvalue weighted by atomic mass is 32.2. The van der Waals surface area contributed by atoms with Crippen LogP contribution in [-0.2, 0) is 14.6 Å². The van der Waals surface area contributed by atoms with Crippen molar-refractivity contribution in [1.29, 1.82) is 0 Å². The van der Waals surface area contributed by atoms with Crippen LogP contribution in [0.4, 0.5) is 0 Å². The molecule has 78 valence electrons. The lowest BCUT2D eigenvalue weighted by atomic mass is 10.2. The van der Waals surface area contributed by atoms with Crippen molar-refractivity contribution in [2.45, 2.75) is 12.1 Å². The lowest BCUT2D eigenvalue weighted by Gasteiger charge is -2.13. The van der Waals surface area contributed by atoms with E-state index in [9.17, 15) is 13.5 Å². The molecule has 2 atom stereocenters. The minimum atomic E-state index is -3.04. The Bertz CT molecular complexity index is 251. The van der Waals surface area contributed by atoms with Crippen molar-refractivity contribution >= 4 is 9.84 Å². The number of rotatable bonds is 4. The molecule has 1 aliphatic rings. The van der Waals surface area contributed by atoms with Crippen molar-refractivity contribution in [3.63, 3.8) is 0 Å². The van der Waals surface area contributed by atoms with E-state index < -0.39 is 15.9 Å². The summed E-state index contributed by atoms with van der Waals surface area (Å²) < 4.78 is 26.9. The number of methoxy groups -OCH3 is 1. The van der Waals surface area contributed by atoms with Gasteiger partial charge in [-0.1, -0.05) is 0 Å². The summed E-state index contributed by atoms with van der Waals surface area (Å²) in [5.74, 6) is -0.102. The fraction of sp³-hybridized carbons (Fsp3) is 1.00. The highest BCUT2D eigenvalue weighted by Gasteiger charge is 2.35.